The second-order valence-electron chi connectivity index (χ2n) is 6.92. The molecule has 1 heterocycles. The average molecular weight is 482 g/mol. The molecule has 29 heavy (non-hydrogen) atoms. The summed E-state index contributed by atoms with van der Waals surface area (Å²) in [5, 5.41) is 22.7. The summed E-state index contributed by atoms with van der Waals surface area (Å²) in [5.74, 6) is -1.76. The lowest BCUT2D eigenvalue weighted by Gasteiger charge is -2.22. The molecule has 0 aromatic heterocycles. The molecule has 0 aliphatic carbocycles. The number of hydrogen-bond acceptors (Lipinski definition) is 5. The van der Waals surface area contributed by atoms with Crippen LogP contribution in [-0.2, 0) is 27.4 Å². The summed E-state index contributed by atoms with van der Waals surface area (Å²) in [6, 6.07) is 10.1. The van der Waals surface area contributed by atoms with Crippen molar-refractivity contribution in [3.8, 4) is 0 Å². The van der Waals surface area contributed by atoms with E-state index < -0.39 is 24.1 Å². The van der Waals surface area contributed by atoms with E-state index in [4.69, 9.17) is 60.6 Å². The van der Waals surface area contributed by atoms with Crippen LogP contribution in [0.3, 0.4) is 0 Å². The Morgan fingerprint density at radius 1 is 0.966 bits per heavy atom. The van der Waals surface area contributed by atoms with Crippen LogP contribution in [0, 0.1) is 0 Å². The summed E-state index contributed by atoms with van der Waals surface area (Å²) in [6.45, 7) is 1.77. The van der Waals surface area contributed by atoms with Gasteiger partial charge in [-0.05, 0) is 42.3 Å². The van der Waals surface area contributed by atoms with Crippen molar-refractivity contribution in [2.75, 3.05) is 6.61 Å². The van der Waals surface area contributed by atoms with Crippen molar-refractivity contribution in [2.24, 2.45) is 0 Å². The molecule has 0 amide bonds. The maximum atomic E-state index is 10.4. The maximum Gasteiger partial charge on any atom is 0.192 e. The molecular weight excluding hydrogens is 462 g/mol. The van der Waals surface area contributed by atoms with Gasteiger partial charge in [-0.3, -0.25) is 0 Å². The molecule has 9 heteroatoms. The SMILES string of the molecule is C[C@]1(O)O[C@H](COCc2ccc(Cl)cc2Cl)[C@@H](OCc2ccc(Cl)cc2Cl)[C@H]1O. The van der Waals surface area contributed by atoms with E-state index in [0.717, 1.165) is 5.56 Å². The molecule has 2 aromatic rings. The van der Waals surface area contributed by atoms with Crippen LogP contribution in [0.4, 0.5) is 0 Å². The normalized spacial score (nSPS) is 26.8. The van der Waals surface area contributed by atoms with Crippen LogP contribution in [0.2, 0.25) is 20.1 Å². The highest BCUT2D eigenvalue weighted by Gasteiger charge is 2.51. The summed E-state index contributed by atoms with van der Waals surface area (Å²) in [4.78, 5) is 0. The van der Waals surface area contributed by atoms with E-state index in [1.165, 1.54) is 6.92 Å². The van der Waals surface area contributed by atoms with Gasteiger partial charge < -0.3 is 24.4 Å². The Balaban J connectivity index is 1.62. The smallest absolute Gasteiger partial charge is 0.192 e. The molecule has 2 aromatic carbocycles. The van der Waals surface area contributed by atoms with Crippen molar-refractivity contribution >= 4 is 46.4 Å². The molecule has 0 unspecified atom stereocenters. The lowest BCUT2D eigenvalue weighted by atomic mass is 10.1. The van der Waals surface area contributed by atoms with Gasteiger partial charge in [0, 0.05) is 20.1 Å². The van der Waals surface area contributed by atoms with Crippen molar-refractivity contribution in [1.29, 1.82) is 0 Å². The van der Waals surface area contributed by atoms with Gasteiger partial charge >= 0.3 is 0 Å². The van der Waals surface area contributed by atoms with Gasteiger partial charge in [0.2, 0.25) is 0 Å². The first-order chi connectivity index (χ1) is 13.7. The van der Waals surface area contributed by atoms with Gasteiger partial charge in [-0.2, -0.15) is 0 Å². The molecule has 158 valence electrons. The summed E-state index contributed by atoms with van der Waals surface area (Å²) in [6.07, 6.45) is -2.78. The molecule has 1 fully saturated rings. The third-order valence-corrected chi connectivity index (χ3v) is 5.79. The zero-order valence-corrected chi connectivity index (χ0v) is 18.5. The lowest BCUT2D eigenvalue weighted by Crippen LogP contribution is -2.41. The molecule has 1 aliphatic rings. The Morgan fingerprint density at radius 3 is 2.07 bits per heavy atom. The number of rotatable bonds is 7. The Labute approximate surface area is 189 Å². The van der Waals surface area contributed by atoms with Crippen LogP contribution >= 0.6 is 46.4 Å². The van der Waals surface area contributed by atoms with Crippen LogP contribution in [0.1, 0.15) is 18.1 Å². The molecule has 0 spiro atoms. The van der Waals surface area contributed by atoms with E-state index in [-0.39, 0.29) is 19.8 Å². The average Bonchev–Trinajstić information content (AvgIpc) is 2.85. The quantitative estimate of drug-likeness (QED) is 0.590. The fourth-order valence-electron chi connectivity index (χ4n) is 3.03. The second-order valence-corrected chi connectivity index (χ2v) is 8.61. The first-order valence-corrected chi connectivity index (χ1v) is 10.3. The van der Waals surface area contributed by atoms with Gasteiger partial charge in [-0.15, -0.1) is 0 Å². The summed E-state index contributed by atoms with van der Waals surface area (Å²) < 4.78 is 17.1. The number of aliphatic hydroxyl groups is 2. The first kappa shape index (κ1) is 23.1. The van der Waals surface area contributed by atoms with Gasteiger partial charge in [0.1, 0.15) is 18.3 Å². The molecule has 2 N–H and O–H groups in total. The lowest BCUT2D eigenvalue weighted by molar-refractivity contribution is -0.219. The van der Waals surface area contributed by atoms with Crippen molar-refractivity contribution in [3.05, 3.63) is 67.6 Å². The van der Waals surface area contributed by atoms with E-state index in [2.05, 4.69) is 0 Å². The third-order valence-electron chi connectivity index (χ3n) is 4.62. The fraction of sp³-hybridized carbons (Fsp3) is 0.400. The molecule has 3 rings (SSSR count). The van der Waals surface area contributed by atoms with Gasteiger partial charge in [-0.25, -0.2) is 0 Å². The highest BCUT2D eigenvalue weighted by molar-refractivity contribution is 6.35. The summed E-state index contributed by atoms with van der Waals surface area (Å²) >= 11 is 24.1. The van der Waals surface area contributed by atoms with Gasteiger partial charge in [0.05, 0.1) is 19.8 Å². The first-order valence-electron chi connectivity index (χ1n) is 8.83. The van der Waals surface area contributed by atoms with E-state index >= 15 is 0 Å². The largest absolute Gasteiger partial charge is 0.385 e. The van der Waals surface area contributed by atoms with Crippen molar-refractivity contribution in [3.63, 3.8) is 0 Å². The minimum absolute atomic E-state index is 0.0746. The van der Waals surface area contributed by atoms with Gasteiger partial charge in [0.25, 0.3) is 0 Å². The predicted molar refractivity (Wildman–Crippen MR) is 113 cm³/mol. The molecule has 4 atom stereocenters. The van der Waals surface area contributed by atoms with Crippen LogP contribution < -0.4 is 0 Å². The van der Waals surface area contributed by atoms with Crippen molar-refractivity contribution in [1.82, 2.24) is 0 Å². The second kappa shape index (κ2) is 9.69. The maximum absolute atomic E-state index is 10.4. The topological polar surface area (TPSA) is 68.2 Å². The number of aliphatic hydroxyl groups excluding tert-OH is 1. The van der Waals surface area contributed by atoms with Crippen LogP contribution in [0.15, 0.2) is 36.4 Å². The molecule has 0 bridgehead atoms. The molecular formula is C20H20Cl4O5. The summed E-state index contributed by atoms with van der Waals surface area (Å²) in [7, 11) is 0. The number of hydrogen-bond donors (Lipinski definition) is 2. The summed E-state index contributed by atoms with van der Waals surface area (Å²) in [5.41, 5.74) is 1.45. The molecule has 0 saturated carbocycles. The van der Waals surface area contributed by atoms with Gasteiger partial charge in [-0.1, -0.05) is 58.5 Å². The van der Waals surface area contributed by atoms with E-state index in [0.29, 0.717) is 25.7 Å². The Morgan fingerprint density at radius 2 is 1.52 bits per heavy atom. The monoisotopic (exact) mass is 480 g/mol. The zero-order valence-electron chi connectivity index (χ0n) is 15.4. The molecule has 0 radical (unpaired) electrons. The number of halogens is 4. The van der Waals surface area contributed by atoms with E-state index in [9.17, 15) is 10.2 Å². The predicted octanol–water partition coefficient (Wildman–Crippen LogP) is 4.87. The Bertz CT molecular complexity index is 861. The van der Waals surface area contributed by atoms with Crippen LogP contribution in [0.5, 0.6) is 0 Å². The standard InChI is InChI=1S/C20H20Cl4O5/c1-20(26)19(25)18(28-9-12-3-5-14(22)7-16(12)24)17(29-20)10-27-8-11-2-4-13(21)6-15(11)23/h2-7,17-19,25-26H,8-10H2,1H3/t17-,18-,19-,20+/m1/s1. The Hall–Kier alpha value is -0.600. The minimum atomic E-state index is -1.76. The molecule has 5 nitrogen and oxygen atoms in total. The molecule has 1 aliphatic heterocycles. The zero-order chi connectivity index (χ0) is 21.2. The highest BCUT2D eigenvalue weighted by atomic mass is 35.5. The van der Waals surface area contributed by atoms with Crippen molar-refractivity contribution in [2.45, 2.75) is 44.2 Å². The van der Waals surface area contributed by atoms with Gasteiger partial charge in [0.15, 0.2) is 5.79 Å². The number of ether oxygens (including phenoxy) is 3. The van der Waals surface area contributed by atoms with Crippen LogP contribution in [0.25, 0.3) is 0 Å². The van der Waals surface area contributed by atoms with Crippen LogP contribution in [-0.4, -0.2) is 40.9 Å². The Kier molecular flexibility index (Phi) is 7.71. The molecule has 1 saturated heterocycles. The highest BCUT2D eigenvalue weighted by Crippen LogP contribution is 2.33. The van der Waals surface area contributed by atoms with E-state index in [1.54, 1.807) is 36.4 Å². The van der Waals surface area contributed by atoms with E-state index in [1.807, 2.05) is 0 Å². The number of benzene rings is 2. The van der Waals surface area contributed by atoms with Crippen molar-refractivity contribution < 1.29 is 24.4 Å². The minimum Gasteiger partial charge on any atom is -0.385 e. The fourth-order valence-corrected chi connectivity index (χ4v) is 3.95. The third kappa shape index (κ3) is 5.76.